The Morgan fingerprint density at radius 2 is 2.03 bits per heavy atom. The van der Waals surface area contributed by atoms with Gasteiger partial charge in [-0.15, -0.1) is 0 Å². The molecule has 2 N–H and O–H groups in total. The molecule has 1 amide bonds. The van der Waals surface area contributed by atoms with E-state index in [2.05, 4.69) is 44.1 Å². The Labute approximate surface area is 166 Å². The topological polar surface area (TPSA) is 75.6 Å². The van der Waals surface area contributed by atoms with Crippen LogP contribution >= 0.6 is 0 Å². The van der Waals surface area contributed by atoms with E-state index in [1.165, 1.54) is 17.1 Å². The number of amides is 1. The number of nitrogens with zero attached hydrogens (tertiary/aromatic N) is 3. The molecule has 0 atom stereocenters. The highest BCUT2D eigenvalue weighted by Crippen LogP contribution is 2.23. The fourth-order valence-electron chi connectivity index (χ4n) is 2.94. The number of halogens is 2. The minimum Gasteiger partial charge on any atom is -0.355 e. The van der Waals surface area contributed by atoms with Gasteiger partial charge in [0.05, 0.1) is 11.9 Å². The van der Waals surface area contributed by atoms with Crippen LogP contribution in [-0.2, 0) is 18.4 Å². The van der Waals surface area contributed by atoms with Gasteiger partial charge in [-0.2, -0.15) is 5.10 Å². The zero-order valence-electron chi connectivity index (χ0n) is 16.1. The van der Waals surface area contributed by atoms with Gasteiger partial charge in [-0.3, -0.25) is 9.89 Å². The summed E-state index contributed by atoms with van der Waals surface area (Å²) in [7, 11) is 2.03. The average Bonchev–Trinajstić information content (AvgIpc) is 3.36. The Hall–Kier alpha value is -3.55. The van der Waals surface area contributed by atoms with Crippen molar-refractivity contribution >= 4 is 17.4 Å². The van der Waals surface area contributed by atoms with Crippen molar-refractivity contribution in [2.45, 2.75) is 19.9 Å². The van der Waals surface area contributed by atoms with Crippen molar-refractivity contribution in [3.63, 3.8) is 0 Å². The van der Waals surface area contributed by atoms with Crippen molar-refractivity contribution in [1.82, 2.24) is 25.1 Å². The second kappa shape index (κ2) is 9.09. The molecule has 0 aliphatic heterocycles. The van der Waals surface area contributed by atoms with Crippen LogP contribution in [-0.4, -0.2) is 26.2 Å². The molecular weight excluding hydrogens is 376 g/mol. The lowest BCUT2D eigenvalue weighted by atomic mass is 10.1. The highest BCUT2D eigenvalue weighted by molar-refractivity contribution is 5.80. The predicted molar refractivity (Wildman–Crippen MR) is 107 cm³/mol. The molecular formula is C21H21F2N5O. The Balaban J connectivity index is 0.000000170. The Morgan fingerprint density at radius 3 is 2.72 bits per heavy atom. The summed E-state index contributed by atoms with van der Waals surface area (Å²) in [5.41, 5.74) is 4.60. The van der Waals surface area contributed by atoms with E-state index >= 15 is 0 Å². The quantitative estimate of drug-likeness (QED) is 0.497. The lowest BCUT2D eigenvalue weighted by Gasteiger charge is -2.06. The number of aromatic nitrogens is 4. The van der Waals surface area contributed by atoms with Gasteiger partial charge in [0.1, 0.15) is 5.65 Å². The number of nitrogens with one attached hydrogen (secondary N) is 2. The molecule has 29 heavy (non-hydrogen) atoms. The number of carbonyl (C=O) groups excluding carboxylic acids is 1. The SMILES string of the molecule is Cc1cc2ccc(-c3cn[nH]c3)nc2n1C.O=CNCc1ccccc1C(F)F. The van der Waals surface area contributed by atoms with Crippen LogP contribution < -0.4 is 5.32 Å². The minimum absolute atomic E-state index is 0.0307. The third kappa shape index (κ3) is 4.66. The Bertz CT molecular complexity index is 1090. The van der Waals surface area contributed by atoms with Crippen molar-refractivity contribution in [1.29, 1.82) is 0 Å². The first-order chi connectivity index (χ1) is 14.0. The van der Waals surface area contributed by atoms with E-state index in [1.54, 1.807) is 24.4 Å². The maximum atomic E-state index is 12.3. The van der Waals surface area contributed by atoms with Gasteiger partial charge in [0.2, 0.25) is 6.41 Å². The molecule has 150 valence electrons. The minimum atomic E-state index is -2.50. The zero-order valence-corrected chi connectivity index (χ0v) is 16.1. The molecule has 0 saturated heterocycles. The summed E-state index contributed by atoms with van der Waals surface area (Å²) in [6, 6.07) is 12.4. The van der Waals surface area contributed by atoms with Crippen molar-refractivity contribution in [2.24, 2.45) is 7.05 Å². The summed E-state index contributed by atoms with van der Waals surface area (Å²) < 4.78 is 26.8. The van der Waals surface area contributed by atoms with Crippen LogP contribution in [0.3, 0.4) is 0 Å². The molecule has 0 aliphatic rings. The maximum absolute atomic E-state index is 12.3. The van der Waals surface area contributed by atoms with Crippen LogP contribution in [0.1, 0.15) is 23.2 Å². The molecule has 8 heteroatoms. The molecule has 0 aliphatic carbocycles. The van der Waals surface area contributed by atoms with Crippen LogP contribution in [0.4, 0.5) is 8.78 Å². The lowest BCUT2D eigenvalue weighted by molar-refractivity contribution is -0.109. The molecule has 6 nitrogen and oxygen atoms in total. The van der Waals surface area contributed by atoms with Gasteiger partial charge in [0.15, 0.2) is 0 Å². The van der Waals surface area contributed by atoms with Crippen LogP contribution in [0.5, 0.6) is 0 Å². The molecule has 3 aromatic heterocycles. The van der Waals surface area contributed by atoms with Gasteiger partial charge in [0.25, 0.3) is 6.43 Å². The maximum Gasteiger partial charge on any atom is 0.264 e. The summed E-state index contributed by atoms with van der Waals surface area (Å²) in [5, 5.41) is 10.3. The molecule has 0 fully saturated rings. The number of H-pyrrole nitrogens is 1. The van der Waals surface area contributed by atoms with Gasteiger partial charge in [-0.25, -0.2) is 13.8 Å². The van der Waals surface area contributed by atoms with E-state index < -0.39 is 6.43 Å². The molecule has 0 saturated carbocycles. The molecule has 0 spiro atoms. The zero-order chi connectivity index (χ0) is 20.8. The first-order valence-electron chi connectivity index (χ1n) is 8.96. The molecule has 4 aromatic rings. The van der Waals surface area contributed by atoms with Gasteiger partial charge < -0.3 is 9.88 Å². The number of hydrogen-bond donors (Lipinski definition) is 2. The summed E-state index contributed by atoms with van der Waals surface area (Å²) in [5.74, 6) is 0. The number of aromatic amines is 1. The number of hydrogen-bond acceptors (Lipinski definition) is 3. The highest BCUT2D eigenvalue weighted by Gasteiger charge is 2.11. The van der Waals surface area contributed by atoms with Gasteiger partial charge in [-0.05, 0) is 30.7 Å². The van der Waals surface area contributed by atoms with Crippen molar-refractivity contribution < 1.29 is 13.6 Å². The number of benzene rings is 1. The van der Waals surface area contributed by atoms with Crippen molar-refractivity contribution in [3.8, 4) is 11.3 Å². The summed E-state index contributed by atoms with van der Waals surface area (Å²) in [6.45, 7) is 2.23. The van der Waals surface area contributed by atoms with E-state index in [9.17, 15) is 13.6 Å². The van der Waals surface area contributed by atoms with E-state index in [0.29, 0.717) is 12.0 Å². The third-order valence-corrected chi connectivity index (χ3v) is 4.58. The molecule has 3 heterocycles. The van der Waals surface area contributed by atoms with Crippen LogP contribution in [0.25, 0.3) is 22.3 Å². The monoisotopic (exact) mass is 397 g/mol. The fourth-order valence-corrected chi connectivity index (χ4v) is 2.94. The van der Waals surface area contributed by atoms with E-state index in [-0.39, 0.29) is 12.1 Å². The van der Waals surface area contributed by atoms with E-state index in [0.717, 1.165) is 16.9 Å². The smallest absolute Gasteiger partial charge is 0.264 e. The Kier molecular flexibility index (Phi) is 6.33. The van der Waals surface area contributed by atoms with Crippen LogP contribution in [0.15, 0.2) is 54.9 Å². The largest absolute Gasteiger partial charge is 0.355 e. The number of alkyl halides is 2. The van der Waals surface area contributed by atoms with Gasteiger partial charge >= 0.3 is 0 Å². The summed E-state index contributed by atoms with van der Waals surface area (Å²) >= 11 is 0. The molecule has 0 radical (unpaired) electrons. The van der Waals surface area contributed by atoms with Crippen molar-refractivity contribution in [3.05, 3.63) is 71.7 Å². The first-order valence-corrected chi connectivity index (χ1v) is 8.96. The number of rotatable bonds is 5. The molecule has 4 rings (SSSR count). The number of carbonyl (C=O) groups is 1. The van der Waals surface area contributed by atoms with Gasteiger partial charge in [-0.1, -0.05) is 24.3 Å². The van der Waals surface area contributed by atoms with E-state index in [1.807, 2.05) is 19.3 Å². The van der Waals surface area contributed by atoms with Crippen LogP contribution in [0, 0.1) is 6.92 Å². The normalized spacial score (nSPS) is 10.7. The standard InChI is InChI=1S/C12H12N4.C9H9F2NO/c1-8-5-9-3-4-11(10-6-13-14-7-10)15-12(9)16(8)2;10-9(11)8-4-2-1-3-7(8)5-12-6-13/h3-7H,1-2H3,(H,13,14);1-4,6,9H,5H2,(H,12,13). The second-order valence-electron chi connectivity index (χ2n) is 6.44. The number of aryl methyl sites for hydroxylation is 2. The highest BCUT2D eigenvalue weighted by atomic mass is 19.3. The number of fused-ring (bicyclic) bond motifs is 1. The van der Waals surface area contributed by atoms with Gasteiger partial charge in [0, 0.05) is 42.0 Å². The van der Waals surface area contributed by atoms with E-state index in [4.69, 9.17) is 0 Å². The summed E-state index contributed by atoms with van der Waals surface area (Å²) in [6.07, 6.45) is 1.63. The lowest BCUT2D eigenvalue weighted by Crippen LogP contribution is -2.11. The van der Waals surface area contributed by atoms with Crippen LogP contribution in [0.2, 0.25) is 0 Å². The number of pyridine rings is 1. The molecule has 1 aromatic carbocycles. The average molecular weight is 397 g/mol. The fraction of sp³-hybridized carbons (Fsp3) is 0.190. The second-order valence-corrected chi connectivity index (χ2v) is 6.44. The van der Waals surface area contributed by atoms with Crippen molar-refractivity contribution in [2.75, 3.05) is 0 Å². The molecule has 0 unspecified atom stereocenters. The first kappa shape index (κ1) is 20.2. The Morgan fingerprint density at radius 1 is 1.24 bits per heavy atom. The predicted octanol–water partition coefficient (Wildman–Crippen LogP) is 4.14. The third-order valence-electron chi connectivity index (χ3n) is 4.58. The summed E-state index contributed by atoms with van der Waals surface area (Å²) in [4.78, 5) is 14.6. The molecule has 0 bridgehead atoms.